The molecule has 0 aliphatic carbocycles. The summed E-state index contributed by atoms with van der Waals surface area (Å²) in [6.07, 6.45) is 3.65. The molecule has 1 unspecified atom stereocenters. The molecular formula is C15H21N3OS. The highest BCUT2D eigenvalue weighted by Crippen LogP contribution is 2.24. The van der Waals surface area contributed by atoms with Crippen LogP contribution in [0.5, 0.6) is 0 Å². The van der Waals surface area contributed by atoms with Crippen LogP contribution in [0.4, 0.5) is 5.82 Å². The van der Waals surface area contributed by atoms with Crippen molar-refractivity contribution in [3.8, 4) is 0 Å². The fourth-order valence-electron chi connectivity index (χ4n) is 2.10. The van der Waals surface area contributed by atoms with Crippen LogP contribution in [-0.2, 0) is 6.42 Å². The molecule has 1 N–H and O–H groups in total. The maximum absolute atomic E-state index is 12.3. The zero-order valence-corrected chi connectivity index (χ0v) is 13.3. The second kappa shape index (κ2) is 6.22. The predicted octanol–water partition coefficient (Wildman–Crippen LogP) is 4.04. The van der Waals surface area contributed by atoms with E-state index in [9.17, 15) is 4.79 Å². The molecule has 1 amide bonds. The molecular weight excluding hydrogens is 270 g/mol. The smallest absolute Gasteiger partial charge is 0.266 e. The van der Waals surface area contributed by atoms with Crippen LogP contribution in [0, 0.1) is 6.92 Å². The molecule has 0 bridgehead atoms. The molecule has 4 nitrogen and oxygen atoms in total. The van der Waals surface area contributed by atoms with Gasteiger partial charge in [0.05, 0.1) is 17.1 Å². The number of aromatic nitrogens is 2. The molecule has 2 aromatic heterocycles. The molecule has 0 saturated carbocycles. The molecule has 2 rings (SSSR count). The van der Waals surface area contributed by atoms with E-state index in [0.29, 0.717) is 0 Å². The third kappa shape index (κ3) is 2.93. The van der Waals surface area contributed by atoms with Gasteiger partial charge in [-0.2, -0.15) is 5.10 Å². The number of rotatable bonds is 5. The first-order valence-electron chi connectivity index (χ1n) is 7.01. The van der Waals surface area contributed by atoms with Gasteiger partial charge in [0.25, 0.3) is 5.91 Å². The number of anilines is 1. The molecule has 2 heterocycles. The molecule has 5 heteroatoms. The van der Waals surface area contributed by atoms with Gasteiger partial charge in [-0.3, -0.25) is 4.79 Å². The van der Waals surface area contributed by atoms with Gasteiger partial charge in [-0.25, -0.2) is 4.68 Å². The maximum atomic E-state index is 12.3. The van der Waals surface area contributed by atoms with Crippen molar-refractivity contribution in [2.45, 2.75) is 46.6 Å². The first kappa shape index (κ1) is 14.8. The number of aryl methyl sites for hydroxylation is 2. The summed E-state index contributed by atoms with van der Waals surface area (Å²) in [5.41, 5.74) is 1.25. The zero-order chi connectivity index (χ0) is 14.7. The van der Waals surface area contributed by atoms with E-state index in [0.717, 1.165) is 23.5 Å². The number of nitrogens with zero attached hydrogens (tertiary/aromatic N) is 2. The van der Waals surface area contributed by atoms with Crippen molar-refractivity contribution >= 4 is 23.1 Å². The number of hydrogen-bond donors (Lipinski definition) is 1. The van der Waals surface area contributed by atoms with E-state index in [1.807, 2.05) is 16.8 Å². The highest BCUT2D eigenvalue weighted by molar-refractivity contribution is 7.14. The number of thiophene rings is 1. The van der Waals surface area contributed by atoms with Crippen molar-refractivity contribution < 1.29 is 4.79 Å². The maximum Gasteiger partial charge on any atom is 0.266 e. The Balaban J connectivity index is 2.17. The first-order chi connectivity index (χ1) is 9.56. The van der Waals surface area contributed by atoms with Gasteiger partial charge >= 0.3 is 0 Å². The Morgan fingerprint density at radius 1 is 1.50 bits per heavy atom. The van der Waals surface area contributed by atoms with Crippen LogP contribution in [0.25, 0.3) is 0 Å². The highest BCUT2D eigenvalue weighted by Gasteiger charge is 2.15. The highest BCUT2D eigenvalue weighted by atomic mass is 32.1. The molecule has 1 atom stereocenters. The minimum Gasteiger partial charge on any atom is -0.306 e. The summed E-state index contributed by atoms with van der Waals surface area (Å²) >= 11 is 1.55. The predicted molar refractivity (Wildman–Crippen MR) is 83.6 cm³/mol. The summed E-state index contributed by atoms with van der Waals surface area (Å²) in [7, 11) is 0. The molecule has 0 radical (unpaired) electrons. The van der Waals surface area contributed by atoms with Gasteiger partial charge in [0, 0.05) is 10.9 Å². The quantitative estimate of drug-likeness (QED) is 0.903. The van der Waals surface area contributed by atoms with Crippen molar-refractivity contribution in [1.82, 2.24) is 9.78 Å². The third-order valence-electron chi connectivity index (χ3n) is 3.55. The van der Waals surface area contributed by atoms with Crippen molar-refractivity contribution in [1.29, 1.82) is 0 Å². The molecule has 2 aromatic rings. The van der Waals surface area contributed by atoms with Crippen molar-refractivity contribution in [2.75, 3.05) is 5.32 Å². The SMILES string of the molecule is CCc1cc(C(=O)Nc2ccnn2C(C)CC)sc1C. The van der Waals surface area contributed by atoms with Crippen LogP contribution in [0.1, 0.15) is 53.3 Å². The number of hydrogen-bond acceptors (Lipinski definition) is 3. The summed E-state index contributed by atoms with van der Waals surface area (Å²) in [5.74, 6) is 0.705. The van der Waals surface area contributed by atoms with Crippen molar-refractivity contribution in [3.05, 3.63) is 33.6 Å². The summed E-state index contributed by atoms with van der Waals surface area (Å²) < 4.78 is 1.86. The number of carbonyl (C=O) groups excluding carboxylic acids is 1. The van der Waals surface area contributed by atoms with E-state index in [1.165, 1.54) is 10.4 Å². The van der Waals surface area contributed by atoms with E-state index in [1.54, 1.807) is 17.5 Å². The second-order valence-corrected chi connectivity index (χ2v) is 6.17. The summed E-state index contributed by atoms with van der Waals surface area (Å²) in [6.45, 7) is 8.36. The van der Waals surface area contributed by atoms with Crippen LogP contribution in [-0.4, -0.2) is 15.7 Å². The van der Waals surface area contributed by atoms with Gasteiger partial charge in [-0.15, -0.1) is 11.3 Å². The zero-order valence-electron chi connectivity index (χ0n) is 12.4. The molecule has 20 heavy (non-hydrogen) atoms. The van der Waals surface area contributed by atoms with Crippen LogP contribution < -0.4 is 5.32 Å². The largest absolute Gasteiger partial charge is 0.306 e. The molecule has 0 aliphatic heterocycles. The standard InChI is InChI=1S/C15H21N3OS/c1-5-10(3)18-14(7-8-16-18)17-15(19)13-9-12(6-2)11(4)20-13/h7-10H,5-6H2,1-4H3,(H,17,19). The lowest BCUT2D eigenvalue weighted by molar-refractivity contribution is 0.102. The monoisotopic (exact) mass is 291 g/mol. The Hall–Kier alpha value is -1.62. The van der Waals surface area contributed by atoms with Crippen LogP contribution in [0.15, 0.2) is 18.3 Å². The third-order valence-corrected chi connectivity index (χ3v) is 4.64. The first-order valence-corrected chi connectivity index (χ1v) is 7.82. The topological polar surface area (TPSA) is 46.9 Å². The number of nitrogens with one attached hydrogen (secondary N) is 1. The lowest BCUT2D eigenvalue weighted by atomic mass is 10.2. The number of amides is 1. The lowest BCUT2D eigenvalue weighted by Gasteiger charge is -2.13. The average Bonchev–Trinajstić information content (AvgIpc) is 3.04. The average molecular weight is 291 g/mol. The van der Waals surface area contributed by atoms with Crippen LogP contribution >= 0.6 is 11.3 Å². The van der Waals surface area contributed by atoms with Crippen LogP contribution in [0.2, 0.25) is 0 Å². The molecule has 0 aromatic carbocycles. The molecule has 0 aliphatic rings. The molecule has 0 saturated heterocycles. The Morgan fingerprint density at radius 3 is 2.85 bits per heavy atom. The Kier molecular flexibility index (Phi) is 4.60. The molecule has 108 valence electrons. The van der Waals surface area contributed by atoms with Gasteiger partial charge in [-0.05, 0) is 38.3 Å². The Morgan fingerprint density at radius 2 is 2.25 bits per heavy atom. The van der Waals surface area contributed by atoms with E-state index in [2.05, 4.69) is 38.1 Å². The van der Waals surface area contributed by atoms with E-state index < -0.39 is 0 Å². The second-order valence-electron chi connectivity index (χ2n) is 4.92. The lowest BCUT2D eigenvalue weighted by Crippen LogP contribution is -2.16. The van der Waals surface area contributed by atoms with Gasteiger partial charge < -0.3 is 5.32 Å². The molecule has 0 spiro atoms. The van der Waals surface area contributed by atoms with E-state index in [-0.39, 0.29) is 11.9 Å². The van der Waals surface area contributed by atoms with Crippen molar-refractivity contribution in [2.24, 2.45) is 0 Å². The normalized spacial score (nSPS) is 12.4. The van der Waals surface area contributed by atoms with Gasteiger partial charge in [0.15, 0.2) is 0 Å². The Bertz CT molecular complexity index is 600. The van der Waals surface area contributed by atoms with Gasteiger partial charge in [-0.1, -0.05) is 13.8 Å². The summed E-state index contributed by atoms with van der Waals surface area (Å²) in [6, 6.07) is 4.10. The van der Waals surface area contributed by atoms with E-state index in [4.69, 9.17) is 0 Å². The van der Waals surface area contributed by atoms with Gasteiger partial charge in [0.2, 0.25) is 0 Å². The van der Waals surface area contributed by atoms with Gasteiger partial charge in [0.1, 0.15) is 5.82 Å². The summed E-state index contributed by atoms with van der Waals surface area (Å²) in [4.78, 5) is 14.3. The minimum absolute atomic E-state index is 0.0529. The number of carbonyl (C=O) groups is 1. The van der Waals surface area contributed by atoms with E-state index >= 15 is 0 Å². The van der Waals surface area contributed by atoms with Crippen LogP contribution in [0.3, 0.4) is 0 Å². The van der Waals surface area contributed by atoms with Crippen molar-refractivity contribution in [3.63, 3.8) is 0 Å². The summed E-state index contributed by atoms with van der Waals surface area (Å²) in [5, 5.41) is 7.24. The minimum atomic E-state index is -0.0529. The Labute approximate surface area is 123 Å². The molecule has 0 fully saturated rings. The fourth-order valence-corrected chi connectivity index (χ4v) is 3.11. The fraction of sp³-hybridized carbons (Fsp3) is 0.467.